The van der Waals surface area contributed by atoms with E-state index in [2.05, 4.69) is 10.3 Å². The SMILES string of the molecule is NC(=O)c1c(NC(=O)CSc2ccccn2)sc2c1CCC2. The van der Waals surface area contributed by atoms with Crippen LogP contribution in [0.3, 0.4) is 0 Å². The molecule has 7 heteroatoms. The molecule has 114 valence electrons. The molecule has 0 fully saturated rings. The van der Waals surface area contributed by atoms with Crippen LogP contribution in [0, 0.1) is 0 Å². The third kappa shape index (κ3) is 3.15. The Morgan fingerprint density at radius 1 is 1.36 bits per heavy atom. The molecule has 22 heavy (non-hydrogen) atoms. The van der Waals surface area contributed by atoms with Crippen LogP contribution < -0.4 is 11.1 Å². The molecule has 0 bridgehead atoms. The molecular formula is C15H15N3O2S2. The van der Waals surface area contributed by atoms with Gasteiger partial charge in [-0.3, -0.25) is 9.59 Å². The molecule has 1 aliphatic carbocycles. The predicted octanol–water partition coefficient (Wildman–Crippen LogP) is 2.46. The highest BCUT2D eigenvalue weighted by Gasteiger charge is 2.26. The lowest BCUT2D eigenvalue weighted by Crippen LogP contribution is -2.18. The minimum absolute atomic E-state index is 0.155. The van der Waals surface area contributed by atoms with Crippen LogP contribution in [0.25, 0.3) is 0 Å². The van der Waals surface area contributed by atoms with Crippen molar-refractivity contribution in [3.63, 3.8) is 0 Å². The Balaban J connectivity index is 1.68. The summed E-state index contributed by atoms with van der Waals surface area (Å²) in [6.45, 7) is 0. The number of thiophene rings is 1. The molecule has 2 heterocycles. The maximum atomic E-state index is 12.1. The highest BCUT2D eigenvalue weighted by atomic mass is 32.2. The van der Waals surface area contributed by atoms with Gasteiger partial charge in [0.05, 0.1) is 16.3 Å². The van der Waals surface area contributed by atoms with Crippen molar-refractivity contribution < 1.29 is 9.59 Å². The number of amides is 2. The van der Waals surface area contributed by atoms with Gasteiger partial charge in [-0.05, 0) is 37.0 Å². The predicted molar refractivity (Wildman–Crippen MR) is 88.5 cm³/mol. The first-order valence-electron chi connectivity index (χ1n) is 6.93. The largest absolute Gasteiger partial charge is 0.365 e. The van der Waals surface area contributed by atoms with Crippen LogP contribution in [0.1, 0.15) is 27.2 Å². The number of thioether (sulfide) groups is 1. The minimum atomic E-state index is -0.466. The van der Waals surface area contributed by atoms with Crippen molar-refractivity contribution >= 4 is 39.9 Å². The van der Waals surface area contributed by atoms with Gasteiger partial charge in [0.1, 0.15) is 5.00 Å². The van der Waals surface area contributed by atoms with E-state index in [1.165, 1.54) is 28.0 Å². The maximum Gasteiger partial charge on any atom is 0.251 e. The molecule has 0 radical (unpaired) electrons. The molecule has 0 saturated carbocycles. The van der Waals surface area contributed by atoms with E-state index in [0.29, 0.717) is 10.6 Å². The Morgan fingerprint density at radius 3 is 2.95 bits per heavy atom. The van der Waals surface area contributed by atoms with Gasteiger partial charge >= 0.3 is 0 Å². The van der Waals surface area contributed by atoms with E-state index in [-0.39, 0.29) is 11.7 Å². The molecule has 0 aliphatic heterocycles. The van der Waals surface area contributed by atoms with E-state index in [1.807, 2.05) is 18.2 Å². The summed E-state index contributed by atoms with van der Waals surface area (Å²) >= 11 is 2.83. The van der Waals surface area contributed by atoms with Gasteiger partial charge in [0.25, 0.3) is 5.91 Å². The first-order chi connectivity index (χ1) is 10.6. The molecule has 0 spiro atoms. The Hall–Kier alpha value is -1.86. The molecular weight excluding hydrogens is 318 g/mol. The number of carbonyl (C=O) groups excluding carboxylic acids is 2. The number of aryl methyl sites for hydroxylation is 1. The van der Waals surface area contributed by atoms with Crippen molar-refractivity contribution in [3.8, 4) is 0 Å². The molecule has 3 N–H and O–H groups in total. The number of nitrogens with one attached hydrogen (secondary N) is 1. The number of nitrogens with two attached hydrogens (primary N) is 1. The van der Waals surface area contributed by atoms with Crippen molar-refractivity contribution in [2.45, 2.75) is 24.3 Å². The summed E-state index contributed by atoms with van der Waals surface area (Å²) in [6.07, 6.45) is 4.56. The normalized spacial score (nSPS) is 12.9. The van der Waals surface area contributed by atoms with Gasteiger partial charge in [0, 0.05) is 11.1 Å². The molecule has 0 saturated heterocycles. The van der Waals surface area contributed by atoms with Gasteiger partial charge in [0.15, 0.2) is 0 Å². The van der Waals surface area contributed by atoms with Gasteiger partial charge in [0.2, 0.25) is 5.91 Å². The van der Waals surface area contributed by atoms with Crippen molar-refractivity contribution in [2.75, 3.05) is 11.1 Å². The summed E-state index contributed by atoms with van der Waals surface area (Å²) in [5.74, 6) is -0.372. The maximum absolute atomic E-state index is 12.1. The second-order valence-corrected chi connectivity index (χ2v) is 7.03. The fourth-order valence-corrected chi connectivity index (χ4v) is 4.46. The Morgan fingerprint density at radius 2 is 2.23 bits per heavy atom. The summed E-state index contributed by atoms with van der Waals surface area (Å²) in [7, 11) is 0. The van der Waals surface area contributed by atoms with Crippen LogP contribution >= 0.6 is 23.1 Å². The monoisotopic (exact) mass is 333 g/mol. The standard InChI is InChI=1S/C15H15N3O2S2/c16-14(20)13-9-4-3-5-10(9)22-15(13)18-11(19)8-21-12-6-1-2-7-17-12/h1-2,6-7H,3-5,8H2,(H2,16,20)(H,18,19). The van der Waals surface area contributed by atoms with E-state index in [9.17, 15) is 9.59 Å². The first-order valence-corrected chi connectivity index (χ1v) is 8.73. The highest BCUT2D eigenvalue weighted by molar-refractivity contribution is 7.99. The number of pyridine rings is 1. The van der Waals surface area contributed by atoms with Crippen LogP contribution in [0.4, 0.5) is 5.00 Å². The van der Waals surface area contributed by atoms with Gasteiger partial charge in [-0.15, -0.1) is 11.3 Å². The second-order valence-electron chi connectivity index (χ2n) is 4.93. The Labute approximate surface area is 136 Å². The van der Waals surface area contributed by atoms with E-state index >= 15 is 0 Å². The zero-order chi connectivity index (χ0) is 15.5. The number of fused-ring (bicyclic) bond motifs is 1. The van der Waals surface area contributed by atoms with E-state index in [0.717, 1.165) is 29.9 Å². The molecule has 2 amide bonds. The topological polar surface area (TPSA) is 85.1 Å². The quantitative estimate of drug-likeness (QED) is 0.823. The van der Waals surface area contributed by atoms with Crippen molar-refractivity contribution in [2.24, 2.45) is 5.73 Å². The van der Waals surface area contributed by atoms with Gasteiger partial charge < -0.3 is 11.1 Å². The zero-order valence-corrected chi connectivity index (χ0v) is 13.4. The number of aromatic nitrogens is 1. The number of hydrogen-bond donors (Lipinski definition) is 2. The smallest absolute Gasteiger partial charge is 0.251 e. The molecule has 2 aromatic rings. The van der Waals surface area contributed by atoms with Crippen molar-refractivity contribution in [3.05, 3.63) is 40.4 Å². The van der Waals surface area contributed by atoms with E-state index in [4.69, 9.17) is 5.73 Å². The fourth-order valence-electron chi connectivity index (χ4n) is 2.49. The van der Waals surface area contributed by atoms with Crippen LogP contribution in [0.5, 0.6) is 0 Å². The Bertz CT molecular complexity index is 713. The number of carbonyl (C=O) groups is 2. The summed E-state index contributed by atoms with van der Waals surface area (Å²) in [5, 5.41) is 4.20. The van der Waals surface area contributed by atoms with Crippen molar-refractivity contribution in [1.82, 2.24) is 4.98 Å². The molecule has 2 aromatic heterocycles. The van der Waals surface area contributed by atoms with E-state index in [1.54, 1.807) is 6.20 Å². The summed E-state index contributed by atoms with van der Waals surface area (Å²) in [4.78, 5) is 29.1. The molecule has 3 rings (SSSR count). The zero-order valence-electron chi connectivity index (χ0n) is 11.8. The molecule has 0 aromatic carbocycles. The van der Waals surface area contributed by atoms with Crippen LogP contribution in [0.15, 0.2) is 29.4 Å². The summed E-state index contributed by atoms with van der Waals surface area (Å²) < 4.78 is 0. The highest BCUT2D eigenvalue weighted by Crippen LogP contribution is 2.38. The van der Waals surface area contributed by atoms with Crippen LogP contribution in [-0.2, 0) is 17.6 Å². The Kier molecular flexibility index (Phi) is 4.44. The van der Waals surface area contributed by atoms with Crippen LogP contribution in [-0.4, -0.2) is 22.6 Å². The third-order valence-electron chi connectivity index (χ3n) is 3.41. The fraction of sp³-hybridized carbons (Fsp3) is 0.267. The van der Waals surface area contributed by atoms with Gasteiger partial charge in [-0.25, -0.2) is 4.98 Å². The van der Waals surface area contributed by atoms with Crippen molar-refractivity contribution in [1.29, 1.82) is 0 Å². The van der Waals surface area contributed by atoms with Gasteiger partial charge in [-0.1, -0.05) is 17.8 Å². The second kappa shape index (κ2) is 6.50. The molecule has 0 atom stereocenters. The molecule has 0 unspecified atom stereocenters. The van der Waals surface area contributed by atoms with Gasteiger partial charge in [-0.2, -0.15) is 0 Å². The lowest BCUT2D eigenvalue weighted by molar-refractivity contribution is -0.113. The lowest BCUT2D eigenvalue weighted by Gasteiger charge is -2.05. The minimum Gasteiger partial charge on any atom is -0.365 e. The average Bonchev–Trinajstić information content (AvgIpc) is 3.06. The third-order valence-corrected chi connectivity index (χ3v) is 5.56. The summed E-state index contributed by atoms with van der Waals surface area (Å²) in [5.41, 5.74) is 6.99. The first kappa shape index (κ1) is 15.1. The average molecular weight is 333 g/mol. The van der Waals surface area contributed by atoms with E-state index < -0.39 is 5.91 Å². The lowest BCUT2D eigenvalue weighted by atomic mass is 10.1. The number of nitrogens with zero attached hydrogens (tertiary/aromatic N) is 1. The number of primary amides is 1. The molecule has 5 nitrogen and oxygen atoms in total. The number of rotatable bonds is 5. The molecule has 1 aliphatic rings. The summed E-state index contributed by atoms with van der Waals surface area (Å²) in [6, 6.07) is 5.56. The number of anilines is 1. The van der Waals surface area contributed by atoms with Crippen LogP contribution in [0.2, 0.25) is 0 Å². The number of hydrogen-bond acceptors (Lipinski definition) is 5.